The van der Waals surface area contributed by atoms with Crippen molar-refractivity contribution in [2.24, 2.45) is 0 Å². The second kappa shape index (κ2) is 5.54. The van der Waals surface area contributed by atoms with Crippen LogP contribution in [-0.2, 0) is 0 Å². The Kier molecular flexibility index (Phi) is 3.59. The van der Waals surface area contributed by atoms with Crippen molar-refractivity contribution in [1.82, 2.24) is 4.98 Å². The molecule has 0 aliphatic heterocycles. The van der Waals surface area contributed by atoms with Gasteiger partial charge in [0.25, 0.3) is 5.24 Å². The van der Waals surface area contributed by atoms with Gasteiger partial charge in [0.1, 0.15) is 5.75 Å². The largest absolute Gasteiger partial charge is 0.497 e. The third kappa shape index (κ3) is 2.60. The first-order valence-corrected chi connectivity index (χ1v) is 6.81. The van der Waals surface area contributed by atoms with E-state index in [-0.39, 0.29) is 0 Å². The number of rotatable bonds is 3. The summed E-state index contributed by atoms with van der Waals surface area (Å²) in [6.07, 6.45) is 0. The molecule has 0 N–H and O–H groups in total. The molecule has 3 nitrogen and oxygen atoms in total. The zero-order valence-corrected chi connectivity index (χ0v) is 12.1. The highest BCUT2D eigenvalue weighted by atomic mass is 35.5. The molecule has 0 amide bonds. The Hall–Kier alpha value is -2.39. The van der Waals surface area contributed by atoms with Gasteiger partial charge in [0, 0.05) is 16.5 Å². The van der Waals surface area contributed by atoms with E-state index in [1.54, 1.807) is 13.2 Å². The standard InChI is InChI=1S/C17H12ClNO2/c1-21-12-8-6-11(7-9-12)16-10-14(17(18)20)13-4-2-3-5-15(13)19-16/h2-10H,1H3. The Balaban J connectivity index is 2.20. The molecular formula is C17H12ClNO2. The average molecular weight is 298 g/mol. The number of nitrogens with zero attached hydrogens (tertiary/aromatic N) is 1. The van der Waals surface area contributed by atoms with Crippen LogP contribution in [0.5, 0.6) is 5.75 Å². The lowest BCUT2D eigenvalue weighted by Crippen LogP contribution is -1.95. The van der Waals surface area contributed by atoms with E-state index in [2.05, 4.69) is 4.98 Å². The molecular weight excluding hydrogens is 286 g/mol. The van der Waals surface area contributed by atoms with Crippen molar-refractivity contribution >= 4 is 27.7 Å². The van der Waals surface area contributed by atoms with Gasteiger partial charge < -0.3 is 4.74 Å². The van der Waals surface area contributed by atoms with Gasteiger partial charge in [0.2, 0.25) is 0 Å². The molecule has 0 aliphatic carbocycles. The summed E-state index contributed by atoms with van der Waals surface area (Å²) >= 11 is 5.70. The molecule has 0 fully saturated rings. The zero-order chi connectivity index (χ0) is 14.8. The minimum Gasteiger partial charge on any atom is -0.497 e. The van der Waals surface area contributed by atoms with Crippen molar-refractivity contribution in [3.05, 3.63) is 60.2 Å². The van der Waals surface area contributed by atoms with Gasteiger partial charge in [0.15, 0.2) is 0 Å². The summed E-state index contributed by atoms with van der Waals surface area (Å²) in [5.74, 6) is 0.771. The van der Waals surface area contributed by atoms with Crippen LogP contribution >= 0.6 is 11.6 Å². The van der Waals surface area contributed by atoms with E-state index in [1.807, 2.05) is 48.5 Å². The number of aromatic nitrogens is 1. The number of para-hydroxylation sites is 1. The van der Waals surface area contributed by atoms with Gasteiger partial charge in [-0.15, -0.1) is 0 Å². The van der Waals surface area contributed by atoms with Gasteiger partial charge in [-0.1, -0.05) is 18.2 Å². The third-order valence-corrected chi connectivity index (χ3v) is 3.52. The molecule has 2 aromatic carbocycles. The van der Waals surface area contributed by atoms with Crippen LogP contribution in [0.4, 0.5) is 0 Å². The summed E-state index contributed by atoms with van der Waals surface area (Å²) in [6, 6.07) is 16.7. The lowest BCUT2D eigenvalue weighted by atomic mass is 10.0. The molecule has 0 spiro atoms. The molecule has 21 heavy (non-hydrogen) atoms. The third-order valence-electron chi connectivity index (χ3n) is 3.31. The van der Waals surface area contributed by atoms with Gasteiger partial charge in [-0.05, 0) is 48.0 Å². The molecule has 0 bridgehead atoms. The summed E-state index contributed by atoms with van der Waals surface area (Å²) in [5, 5.41) is 0.276. The van der Waals surface area contributed by atoms with Gasteiger partial charge in [0.05, 0.1) is 18.3 Å². The SMILES string of the molecule is COc1ccc(-c2cc(C(=O)Cl)c3ccccc3n2)cc1. The fourth-order valence-electron chi connectivity index (χ4n) is 2.25. The fourth-order valence-corrected chi connectivity index (χ4v) is 2.40. The molecule has 0 atom stereocenters. The van der Waals surface area contributed by atoms with Crippen LogP contribution in [0.1, 0.15) is 10.4 Å². The average Bonchev–Trinajstić information content (AvgIpc) is 2.53. The zero-order valence-electron chi connectivity index (χ0n) is 11.3. The number of carbonyl (C=O) groups is 1. The number of benzene rings is 2. The van der Waals surface area contributed by atoms with E-state index in [0.717, 1.165) is 22.2 Å². The molecule has 0 unspecified atom stereocenters. The smallest absolute Gasteiger partial charge is 0.253 e. The molecule has 1 heterocycles. The number of methoxy groups -OCH3 is 1. The lowest BCUT2D eigenvalue weighted by Gasteiger charge is -2.07. The maximum atomic E-state index is 11.7. The molecule has 3 aromatic rings. The summed E-state index contributed by atoms with van der Waals surface area (Å²) in [7, 11) is 1.62. The van der Waals surface area contributed by atoms with Gasteiger partial charge in [-0.2, -0.15) is 0 Å². The van der Waals surface area contributed by atoms with Crippen molar-refractivity contribution in [2.45, 2.75) is 0 Å². The van der Waals surface area contributed by atoms with E-state index in [9.17, 15) is 4.79 Å². The Bertz CT molecular complexity index is 813. The van der Waals surface area contributed by atoms with E-state index < -0.39 is 5.24 Å². The van der Waals surface area contributed by atoms with Crippen LogP contribution in [-0.4, -0.2) is 17.3 Å². The molecule has 3 rings (SSSR count). The predicted molar refractivity (Wildman–Crippen MR) is 83.9 cm³/mol. The monoisotopic (exact) mass is 297 g/mol. The van der Waals surface area contributed by atoms with Crippen molar-refractivity contribution < 1.29 is 9.53 Å². The van der Waals surface area contributed by atoms with Crippen LogP contribution in [0.3, 0.4) is 0 Å². The van der Waals surface area contributed by atoms with Crippen molar-refractivity contribution in [3.8, 4) is 17.0 Å². The maximum absolute atomic E-state index is 11.7. The first-order valence-electron chi connectivity index (χ1n) is 6.43. The highest BCUT2D eigenvalue weighted by molar-refractivity contribution is 6.68. The lowest BCUT2D eigenvalue weighted by molar-refractivity contribution is 0.108. The van der Waals surface area contributed by atoms with E-state index >= 15 is 0 Å². The number of pyridine rings is 1. The number of carbonyl (C=O) groups excluding carboxylic acids is 1. The van der Waals surface area contributed by atoms with E-state index in [1.165, 1.54) is 0 Å². The second-order valence-electron chi connectivity index (χ2n) is 4.57. The summed E-state index contributed by atoms with van der Waals surface area (Å²) in [5.41, 5.74) is 2.82. The van der Waals surface area contributed by atoms with Gasteiger partial charge in [-0.3, -0.25) is 4.79 Å². The molecule has 1 aromatic heterocycles. The van der Waals surface area contributed by atoms with Crippen LogP contribution in [0.2, 0.25) is 0 Å². The van der Waals surface area contributed by atoms with Crippen molar-refractivity contribution in [1.29, 1.82) is 0 Å². The number of halogens is 1. The highest BCUT2D eigenvalue weighted by Gasteiger charge is 2.11. The van der Waals surface area contributed by atoms with Crippen LogP contribution in [0.15, 0.2) is 54.6 Å². The molecule has 104 valence electrons. The van der Waals surface area contributed by atoms with Crippen LogP contribution < -0.4 is 4.74 Å². The Labute approximate surface area is 127 Å². The number of hydrogen-bond donors (Lipinski definition) is 0. The number of fused-ring (bicyclic) bond motifs is 1. The topological polar surface area (TPSA) is 39.2 Å². The normalized spacial score (nSPS) is 10.6. The van der Waals surface area contributed by atoms with Gasteiger partial charge >= 0.3 is 0 Å². The summed E-state index contributed by atoms with van der Waals surface area (Å²) in [6.45, 7) is 0. The molecule has 0 aliphatic rings. The Morgan fingerprint density at radius 1 is 1.10 bits per heavy atom. The molecule has 0 saturated carbocycles. The molecule has 0 radical (unpaired) electrons. The molecule has 0 saturated heterocycles. The number of ether oxygens (including phenoxy) is 1. The maximum Gasteiger partial charge on any atom is 0.253 e. The molecule has 4 heteroatoms. The van der Waals surface area contributed by atoms with Crippen LogP contribution in [0, 0.1) is 0 Å². The quantitative estimate of drug-likeness (QED) is 0.677. The fraction of sp³-hybridized carbons (Fsp3) is 0.0588. The predicted octanol–water partition coefficient (Wildman–Crippen LogP) is 4.29. The first kappa shape index (κ1) is 13.6. The first-order chi connectivity index (χ1) is 10.2. The minimum absolute atomic E-state index is 0.466. The van der Waals surface area contributed by atoms with Crippen molar-refractivity contribution in [2.75, 3.05) is 7.11 Å². The van der Waals surface area contributed by atoms with E-state index in [4.69, 9.17) is 16.3 Å². The summed E-state index contributed by atoms with van der Waals surface area (Å²) < 4.78 is 5.14. The Morgan fingerprint density at radius 3 is 2.48 bits per heavy atom. The van der Waals surface area contributed by atoms with E-state index in [0.29, 0.717) is 11.3 Å². The van der Waals surface area contributed by atoms with Crippen molar-refractivity contribution in [3.63, 3.8) is 0 Å². The minimum atomic E-state index is -0.483. The number of hydrogen-bond acceptors (Lipinski definition) is 3. The highest BCUT2D eigenvalue weighted by Crippen LogP contribution is 2.27. The Morgan fingerprint density at radius 2 is 1.81 bits per heavy atom. The summed E-state index contributed by atoms with van der Waals surface area (Å²) in [4.78, 5) is 16.3. The van der Waals surface area contributed by atoms with Crippen LogP contribution in [0.25, 0.3) is 22.2 Å². The second-order valence-corrected chi connectivity index (χ2v) is 4.92. The van der Waals surface area contributed by atoms with Gasteiger partial charge in [-0.25, -0.2) is 4.98 Å².